The second kappa shape index (κ2) is 4.11. The zero-order valence-corrected chi connectivity index (χ0v) is 11.6. The number of aryl methyl sites for hydroxylation is 3. The molecular weight excluding hydrogens is 226 g/mol. The molecule has 0 saturated carbocycles. The van der Waals surface area contributed by atoms with Crippen LogP contribution in [-0.2, 0) is 12.8 Å². The number of hydrogen-bond donors (Lipinski definition) is 1. The van der Waals surface area contributed by atoms with Crippen molar-refractivity contribution in [2.24, 2.45) is 0 Å². The van der Waals surface area contributed by atoms with Crippen LogP contribution in [0, 0.1) is 6.92 Å². The molecule has 1 aliphatic carbocycles. The zero-order chi connectivity index (χ0) is 12.0. The van der Waals surface area contributed by atoms with E-state index in [1.165, 1.54) is 39.8 Å². The number of hydrogen-bond acceptors (Lipinski definition) is 2. The zero-order valence-electron chi connectivity index (χ0n) is 10.8. The Labute approximate surface area is 107 Å². The molecule has 17 heavy (non-hydrogen) atoms. The molecule has 0 radical (unpaired) electrons. The molecule has 1 aromatic heterocycles. The summed E-state index contributed by atoms with van der Waals surface area (Å²) in [6.45, 7) is 4.51. The predicted octanol–water partition coefficient (Wildman–Crippen LogP) is 3.98. The van der Waals surface area contributed by atoms with Gasteiger partial charge in [0.25, 0.3) is 0 Å². The summed E-state index contributed by atoms with van der Waals surface area (Å²) in [4.78, 5) is 1.49. The van der Waals surface area contributed by atoms with Crippen molar-refractivity contribution in [3.05, 3.63) is 33.7 Å². The van der Waals surface area contributed by atoms with Gasteiger partial charge < -0.3 is 5.32 Å². The van der Waals surface area contributed by atoms with E-state index in [0.717, 1.165) is 0 Å². The highest BCUT2D eigenvalue weighted by Crippen LogP contribution is 2.38. The first-order valence-corrected chi connectivity index (χ1v) is 7.24. The number of nitrogens with one attached hydrogen (secondary N) is 1. The number of thiophene rings is 1. The monoisotopic (exact) mass is 245 g/mol. The van der Waals surface area contributed by atoms with Crippen LogP contribution in [-0.4, -0.2) is 7.05 Å². The number of rotatable bonds is 2. The first-order chi connectivity index (χ1) is 8.20. The Kier molecular flexibility index (Phi) is 2.72. The van der Waals surface area contributed by atoms with Crippen molar-refractivity contribution in [1.82, 2.24) is 5.32 Å². The van der Waals surface area contributed by atoms with Gasteiger partial charge in [0.15, 0.2) is 0 Å². The molecular formula is C15H19NS. The van der Waals surface area contributed by atoms with Crippen LogP contribution in [0.4, 0.5) is 0 Å². The Morgan fingerprint density at radius 3 is 2.65 bits per heavy atom. The van der Waals surface area contributed by atoms with Gasteiger partial charge in [0, 0.05) is 15.6 Å². The second-order valence-corrected chi connectivity index (χ2v) is 6.16. The van der Waals surface area contributed by atoms with Crippen molar-refractivity contribution in [3.8, 4) is 0 Å². The molecule has 2 aromatic rings. The average Bonchev–Trinajstić information content (AvgIpc) is 2.91. The van der Waals surface area contributed by atoms with Gasteiger partial charge in [-0.3, -0.25) is 0 Å². The Balaban J connectivity index is 2.20. The fraction of sp³-hybridized carbons (Fsp3) is 0.467. The number of benzene rings is 1. The molecule has 1 atom stereocenters. The minimum absolute atomic E-state index is 0.460. The van der Waals surface area contributed by atoms with Crippen LogP contribution >= 0.6 is 11.3 Å². The molecule has 1 N–H and O–H groups in total. The summed E-state index contributed by atoms with van der Waals surface area (Å²) in [6.07, 6.45) is 3.89. The maximum absolute atomic E-state index is 3.35. The largest absolute Gasteiger partial charge is 0.313 e. The Hall–Kier alpha value is -0.860. The lowest BCUT2D eigenvalue weighted by atomic mass is 10.0. The van der Waals surface area contributed by atoms with E-state index in [0.29, 0.717) is 6.04 Å². The molecule has 0 bridgehead atoms. The lowest BCUT2D eigenvalue weighted by Gasteiger charge is -2.08. The molecule has 0 spiro atoms. The summed E-state index contributed by atoms with van der Waals surface area (Å²) in [6, 6.07) is 5.33. The van der Waals surface area contributed by atoms with Gasteiger partial charge in [-0.25, -0.2) is 0 Å². The minimum atomic E-state index is 0.460. The highest BCUT2D eigenvalue weighted by atomic mass is 32.1. The van der Waals surface area contributed by atoms with Crippen LogP contribution in [0.3, 0.4) is 0 Å². The van der Waals surface area contributed by atoms with Gasteiger partial charge in [0.05, 0.1) is 0 Å². The first kappa shape index (κ1) is 11.2. The van der Waals surface area contributed by atoms with Crippen molar-refractivity contribution in [2.75, 3.05) is 7.05 Å². The topological polar surface area (TPSA) is 12.0 Å². The van der Waals surface area contributed by atoms with Crippen molar-refractivity contribution in [2.45, 2.75) is 39.2 Å². The molecule has 1 unspecified atom stereocenters. The van der Waals surface area contributed by atoms with Crippen LogP contribution in [0.15, 0.2) is 12.1 Å². The third-order valence-corrected chi connectivity index (χ3v) is 5.45. The summed E-state index contributed by atoms with van der Waals surface area (Å²) in [7, 11) is 2.04. The van der Waals surface area contributed by atoms with Gasteiger partial charge >= 0.3 is 0 Å². The molecule has 0 fully saturated rings. The van der Waals surface area contributed by atoms with E-state index < -0.39 is 0 Å². The van der Waals surface area contributed by atoms with Crippen LogP contribution in [0.1, 0.15) is 41.0 Å². The lowest BCUT2D eigenvalue weighted by Crippen LogP contribution is -2.11. The van der Waals surface area contributed by atoms with Crippen molar-refractivity contribution >= 4 is 21.4 Å². The lowest BCUT2D eigenvalue weighted by molar-refractivity contribution is 0.661. The summed E-state index contributed by atoms with van der Waals surface area (Å²) in [5.74, 6) is 0. The highest BCUT2D eigenvalue weighted by Gasteiger charge is 2.17. The van der Waals surface area contributed by atoms with Crippen molar-refractivity contribution < 1.29 is 0 Å². The molecule has 1 aliphatic rings. The van der Waals surface area contributed by atoms with Gasteiger partial charge in [-0.2, -0.15) is 0 Å². The van der Waals surface area contributed by atoms with Crippen molar-refractivity contribution in [1.29, 1.82) is 0 Å². The average molecular weight is 245 g/mol. The molecule has 0 saturated heterocycles. The second-order valence-electron chi connectivity index (χ2n) is 5.07. The van der Waals surface area contributed by atoms with E-state index in [4.69, 9.17) is 0 Å². The highest BCUT2D eigenvalue weighted by molar-refractivity contribution is 7.19. The maximum Gasteiger partial charge on any atom is 0.0386 e. The summed E-state index contributed by atoms with van der Waals surface area (Å²) >= 11 is 1.96. The fourth-order valence-electron chi connectivity index (χ4n) is 2.85. The van der Waals surface area contributed by atoms with E-state index in [1.807, 2.05) is 18.4 Å². The van der Waals surface area contributed by atoms with E-state index in [-0.39, 0.29) is 0 Å². The Morgan fingerprint density at radius 2 is 1.94 bits per heavy atom. The SMILES string of the molecule is CNC(C)c1sc2cc3c(cc2c1C)CCC3. The van der Waals surface area contributed by atoms with Crippen LogP contribution in [0.25, 0.3) is 10.1 Å². The molecule has 90 valence electrons. The van der Waals surface area contributed by atoms with E-state index >= 15 is 0 Å². The predicted molar refractivity (Wildman–Crippen MR) is 76.1 cm³/mol. The molecule has 0 aliphatic heterocycles. The third-order valence-electron chi connectivity index (χ3n) is 4.01. The maximum atomic E-state index is 3.35. The fourth-order valence-corrected chi connectivity index (χ4v) is 4.17. The Bertz CT molecular complexity index is 568. The molecule has 2 heteroatoms. The first-order valence-electron chi connectivity index (χ1n) is 6.42. The quantitative estimate of drug-likeness (QED) is 0.844. The summed E-state index contributed by atoms with van der Waals surface area (Å²) in [5.41, 5.74) is 4.64. The Morgan fingerprint density at radius 1 is 1.24 bits per heavy atom. The molecule has 3 rings (SSSR count). The normalized spacial score (nSPS) is 16.4. The molecule has 1 heterocycles. The molecule has 1 nitrogen and oxygen atoms in total. The smallest absolute Gasteiger partial charge is 0.0386 e. The van der Waals surface area contributed by atoms with Crippen molar-refractivity contribution in [3.63, 3.8) is 0 Å². The summed E-state index contributed by atoms with van der Waals surface area (Å²) < 4.78 is 1.47. The third kappa shape index (κ3) is 1.71. The minimum Gasteiger partial charge on any atom is -0.313 e. The number of fused-ring (bicyclic) bond motifs is 2. The van der Waals surface area contributed by atoms with Gasteiger partial charge in [0.1, 0.15) is 0 Å². The molecule has 0 amide bonds. The summed E-state index contributed by atoms with van der Waals surface area (Å²) in [5, 5.41) is 4.83. The van der Waals surface area contributed by atoms with E-state index in [1.54, 1.807) is 11.1 Å². The van der Waals surface area contributed by atoms with Gasteiger partial charge in [-0.1, -0.05) is 0 Å². The van der Waals surface area contributed by atoms with E-state index in [2.05, 4.69) is 31.3 Å². The molecule has 1 aromatic carbocycles. The van der Waals surface area contributed by atoms with Gasteiger partial charge in [0.2, 0.25) is 0 Å². The van der Waals surface area contributed by atoms with Crippen LogP contribution in [0.2, 0.25) is 0 Å². The van der Waals surface area contributed by atoms with Gasteiger partial charge in [-0.05, 0) is 74.4 Å². The van der Waals surface area contributed by atoms with Crippen LogP contribution < -0.4 is 5.32 Å². The standard InChI is InChI=1S/C15H19NS/c1-9-13-7-11-5-4-6-12(11)8-14(13)17-15(9)10(2)16-3/h7-8,10,16H,4-6H2,1-3H3. The van der Waals surface area contributed by atoms with E-state index in [9.17, 15) is 0 Å². The van der Waals surface area contributed by atoms with Gasteiger partial charge in [-0.15, -0.1) is 11.3 Å². The van der Waals surface area contributed by atoms with Crippen LogP contribution in [0.5, 0.6) is 0 Å².